The van der Waals surface area contributed by atoms with Crippen LogP contribution in [-0.2, 0) is 21.4 Å². The molecule has 0 fully saturated rings. The Labute approximate surface area is 134 Å². The standard InChI is InChI=1S/C14H17N5O3S/c15-7-14(20)19-11-3-6-13(18-9-11)17-8-10-1-4-12(5-2-10)23(16,21)22/h1-6,9H,7-8,15H2,(H,17,18)(H,19,20)(H2,16,21,22). The van der Waals surface area contributed by atoms with Crippen LogP contribution in [0.5, 0.6) is 0 Å². The molecule has 2 aromatic rings. The normalized spacial score (nSPS) is 11.0. The minimum absolute atomic E-state index is 0.0689. The Kier molecular flexibility index (Phi) is 5.27. The molecule has 1 aromatic heterocycles. The van der Waals surface area contributed by atoms with Crippen LogP contribution in [0.15, 0.2) is 47.5 Å². The van der Waals surface area contributed by atoms with Gasteiger partial charge in [0.2, 0.25) is 15.9 Å². The van der Waals surface area contributed by atoms with Gasteiger partial charge in [-0.25, -0.2) is 18.5 Å². The third-order valence-electron chi connectivity index (χ3n) is 2.96. The first kappa shape index (κ1) is 16.9. The number of nitrogens with one attached hydrogen (secondary N) is 2. The van der Waals surface area contributed by atoms with Crippen molar-refractivity contribution in [2.24, 2.45) is 10.9 Å². The molecule has 1 amide bonds. The number of carbonyl (C=O) groups is 1. The Morgan fingerprint density at radius 3 is 2.35 bits per heavy atom. The molecular formula is C14H17N5O3S. The van der Waals surface area contributed by atoms with Gasteiger partial charge in [-0.05, 0) is 29.8 Å². The molecule has 122 valence electrons. The number of anilines is 2. The quantitative estimate of drug-likeness (QED) is 0.596. The van der Waals surface area contributed by atoms with Crippen molar-refractivity contribution in [2.45, 2.75) is 11.4 Å². The van der Waals surface area contributed by atoms with Crippen molar-refractivity contribution >= 4 is 27.4 Å². The highest BCUT2D eigenvalue weighted by atomic mass is 32.2. The summed E-state index contributed by atoms with van der Waals surface area (Å²) >= 11 is 0. The third-order valence-corrected chi connectivity index (χ3v) is 3.89. The van der Waals surface area contributed by atoms with Gasteiger partial charge >= 0.3 is 0 Å². The maximum absolute atomic E-state index is 11.2. The molecule has 6 N–H and O–H groups in total. The lowest BCUT2D eigenvalue weighted by molar-refractivity contribution is -0.114. The van der Waals surface area contributed by atoms with Crippen LogP contribution in [0.4, 0.5) is 11.5 Å². The van der Waals surface area contributed by atoms with Crippen LogP contribution in [0.25, 0.3) is 0 Å². The molecular weight excluding hydrogens is 318 g/mol. The molecule has 8 nitrogen and oxygen atoms in total. The maximum atomic E-state index is 11.2. The van der Waals surface area contributed by atoms with Crippen LogP contribution in [0.2, 0.25) is 0 Å². The summed E-state index contributed by atoms with van der Waals surface area (Å²) in [6.45, 7) is 0.376. The highest BCUT2D eigenvalue weighted by Crippen LogP contribution is 2.12. The summed E-state index contributed by atoms with van der Waals surface area (Å²) in [6.07, 6.45) is 1.51. The van der Waals surface area contributed by atoms with Crippen molar-refractivity contribution in [3.8, 4) is 0 Å². The van der Waals surface area contributed by atoms with Crippen molar-refractivity contribution < 1.29 is 13.2 Å². The molecule has 0 unspecified atom stereocenters. The van der Waals surface area contributed by atoms with E-state index in [2.05, 4.69) is 15.6 Å². The monoisotopic (exact) mass is 335 g/mol. The van der Waals surface area contributed by atoms with E-state index < -0.39 is 10.0 Å². The van der Waals surface area contributed by atoms with Crippen LogP contribution in [0.1, 0.15) is 5.56 Å². The molecule has 2 rings (SSSR count). The number of nitrogens with two attached hydrogens (primary N) is 2. The van der Waals surface area contributed by atoms with E-state index in [-0.39, 0.29) is 17.3 Å². The second-order valence-electron chi connectivity index (χ2n) is 4.73. The van der Waals surface area contributed by atoms with Gasteiger partial charge in [-0.15, -0.1) is 0 Å². The number of rotatable bonds is 6. The topological polar surface area (TPSA) is 140 Å². The van der Waals surface area contributed by atoms with Gasteiger partial charge in [0.1, 0.15) is 5.82 Å². The van der Waals surface area contributed by atoms with Gasteiger partial charge in [-0.3, -0.25) is 4.79 Å². The first-order valence-electron chi connectivity index (χ1n) is 6.70. The van der Waals surface area contributed by atoms with Gasteiger partial charge in [0, 0.05) is 6.54 Å². The summed E-state index contributed by atoms with van der Waals surface area (Å²) < 4.78 is 22.3. The summed E-state index contributed by atoms with van der Waals surface area (Å²) in [4.78, 5) is 15.4. The first-order chi connectivity index (χ1) is 10.9. The van der Waals surface area contributed by atoms with E-state index in [0.717, 1.165) is 5.56 Å². The molecule has 0 aliphatic heterocycles. The van der Waals surface area contributed by atoms with E-state index in [4.69, 9.17) is 10.9 Å². The fourth-order valence-electron chi connectivity index (χ4n) is 1.77. The molecule has 0 atom stereocenters. The van der Waals surface area contributed by atoms with E-state index >= 15 is 0 Å². The average Bonchev–Trinajstić information content (AvgIpc) is 2.53. The molecule has 23 heavy (non-hydrogen) atoms. The molecule has 1 aromatic carbocycles. The van der Waals surface area contributed by atoms with Crippen molar-refractivity contribution in [2.75, 3.05) is 17.2 Å². The predicted octanol–water partition coefficient (Wildman–Crippen LogP) is 0.238. The molecule has 0 saturated carbocycles. The van der Waals surface area contributed by atoms with Gasteiger partial charge in [0.05, 0.1) is 23.3 Å². The molecule has 0 bridgehead atoms. The summed E-state index contributed by atoms with van der Waals surface area (Å²) in [7, 11) is -3.68. The highest BCUT2D eigenvalue weighted by Gasteiger charge is 2.06. The summed E-state index contributed by atoms with van der Waals surface area (Å²) in [6, 6.07) is 9.65. The zero-order chi connectivity index (χ0) is 16.9. The van der Waals surface area contributed by atoms with Crippen LogP contribution in [0, 0.1) is 0 Å². The second-order valence-corrected chi connectivity index (χ2v) is 6.29. The molecule has 1 heterocycles. The van der Waals surface area contributed by atoms with Gasteiger partial charge in [-0.1, -0.05) is 12.1 Å². The van der Waals surface area contributed by atoms with Gasteiger partial charge in [0.25, 0.3) is 0 Å². The zero-order valence-electron chi connectivity index (χ0n) is 12.2. The number of hydrogen-bond acceptors (Lipinski definition) is 6. The number of amides is 1. The number of carbonyl (C=O) groups excluding carboxylic acids is 1. The van der Waals surface area contributed by atoms with Crippen LogP contribution in [0.3, 0.4) is 0 Å². The molecule has 9 heteroatoms. The molecule has 0 radical (unpaired) electrons. The number of hydrogen-bond donors (Lipinski definition) is 4. The smallest absolute Gasteiger partial charge is 0.238 e. The Balaban J connectivity index is 1.94. The average molecular weight is 335 g/mol. The Morgan fingerprint density at radius 1 is 1.13 bits per heavy atom. The first-order valence-corrected chi connectivity index (χ1v) is 8.25. The minimum Gasteiger partial charge on any atom is -0.366 e. The van der Waals surface area contributed by atoms with Gasteiger partial charge < -0.3 is 16.4 Å². The lowest BCUT2D eigenvalue weighted by atomic mass is 10.2. The van der Waals surface area contributed by atoms with Crippen molar-refractivity contribution in [3.63, 3.8) is 0 Å². The number of aromatic nitrogens is 1. The third kappa shape index (κ3) is 5.02. The van der Waals surface area contributed by atoms with Crippen molar-refractivity contribution in [1.82, 2.24) is 4.98 Å². The summed E-state index contributed by atoms with van der Waals surface area (Å²) in [5, 5.41) is 10.7. The van der Waals surface area contributed by atoms with E-state index in [9.17, 15) is 13.2 Å². The largest absolute Gasteiger partial charge is 0.366 e. The van der Waals surface area contributed by atoms with Crippen LogP contribution >= 0.6 is 0 Å². The zero-order valence-corrected chi connectivity index (χ0v) is 13.0. The number of nitrogens with zero attached hydrogens (tertiary/aromatic N) is 1. The van der Waals surface area contributed by atoms with Gasteiger partial charge in [-0.2, -0.15) is 0 Å². The van der Waals surface area contributed by atoms with E-state index in [0.29, 0.717) is 18.1 Å². The minimum atomic E-state index is -3.68. The van der Waals surface area contributed by atoms with Crippen LogP contribution in [-0.4, -0.2) is 25.9 Å². The summed E-state index contributed by atoms with van der Waals surface area (Å²) in [5.74, 6) is 0.328. The number of sulfonamides is 1. The molecule has 0 aliphatic carbocycles. The summed E-state index contributed by atoms with van der Waals surface area (Å²) in [5.41, 5.74) is 6.64. The molecule has 0 saturated heterocycles. The van der Waals surface area contributed by atoms with E-state index in [1.807, 2.05) is 0 Å². The Hall–Kier alpha value is -2.49. The van der Waals surface area contributed by atoms with E-state index in [1.54, 1.807) is 24.3 Å². The van der Waals surface area contributed by atoms with Crippen molar-refractivity contribution in [3.05, 3.63) is 48.2 Å². The second kappa shape index (κ2) is 7.18. The number of benzene rings is 1. The SMILES string of the molecule is NCC(=O)Nc1ccc(NCc2ccc(S(N)(=O)=O)cc2)nc1. The Morgan fingerprint density at radius 2 is 1.83 bits per heavy atom. The Bertz CT molecular complexity index is 773. The van der Waals surface area contributed by atoms with E-state index in [1.165, 1.54) is 18.3 Å². The number of pyridine rings is 1. The highest BCUT2D eigenvalue weighted by molar-refractivity contribution is 7.89. The van der Waals surface area contributed by atoms with Gasteiger partial charge in [0.15, 0.2) is 0 Å². The van der Waals surface area contributed by atoms with Crippen LogP contribution < -0.4 is 21.5 Å². The molecule has 0 spiro atoms. The van der Waals surface area contributed by atoms with Crippen molar-refractivity contribution in [1.29, 1.82) is 0 Å². The predicted molar refractivity (Wildman–Crippen MR) is 87.1 cm³/mol. The number of primary sulfonamides is 1. The lowest BCUT2D eigenvalue weighted by Gasteiger charge is -2.08. The lowest BCUT2D eigenvalue weighted by Crippen LogP contribution is -2.21. The molecule has 0 aliphatic rings. The fourth-order valence-corrected chi connectivity index (χ4v) is 2.29. The fraction of sp³-hybridized carbons (Fsp3) is 0.143. The maximum Gasteiger partial charge on any atom is 0.238 e.